The number of nitrogens with two attached hydrogens (primary N) is 1. The number of nitrogens with zero attached hydrogens (tertiary/aromatic N) is 3. The van der Waals surface area contributed by atoms with E-state index < -0.39 is 10.0 Å². The zero-order chi connectivity index (χ0) is 15.5. The highest BCUT2D eigenvalue weighted by atomic mass is 32.2. The standard InChI is InChI=1S/C13H14N4O2S2/c1-17(9-10-5-2-3-7-15-10)21(18,19)11-6-4-8-16-12(11)13(14)20/h2-8H,9H2,1H3,(H2,14,20). The van der Waals surface area contributed by atoms with Crippen molar-refractivity contribution >= 4 is 27.2 Å². The van der Waals surface area contributed by atoms with Gasteiger partial charge in [-0.1, -0.05) is 18.3 Å². The highest BCUT2D eigenvalue weighted by Crippen LogP contribution is 2.18. The molecule has 8 heteroatoms. The molecular formula is C13H14N4O2S2. The van der Waals surface area contributed by atoms with Crippen molar-refractivity contribution < 1.29 is 8.42 Å². The van der Waals surface area contributed by atoms with Gasteiger partial charge in [-0.05, 0) is 24.3 Å². The van der Waals surface area contributed by atoms with Crippen molar-refractivity contribution in [2.75, 3.05) is 7.05 Å². The maximum Gasteiger partial charge on any atom is 0.245 e. The summed E-state index contributed by atoms with van der Waals surface area (Å²) in [6.45, 7) is 0.148. The molecule has 0 saturated carbocycles. The lowest BCUT2D eigenvalue weighted by Gasteiger charge is -2.18. The number of sulfonamides is 1. The van der Waals surface area contributed by atoms with Crippen LogP contribution in [-0.4, -0.2) is 34.7 Å². The van der Waals surface area contributed by atoms with E-state index in [1.165, 1.54) is 29.7 Å². The number of hydrogen-bond acceptors (Lipinski definition) is 5. The molecule has 0 saturated heterocycles. The van der Waals surface area contributed by atoms with Crippen molar-refractivity contribution in [3.05, 3.63) is 54.1 Å². The van der Waals surface area contributed by atoms with Gasteiger partial charge in [0.05, 0.1) is 12.2 Å². The molecule has 21 heavy (non-hydrogen) atoms. The van der Waals surface area contributed by atoms with Gasteiger partial charge >= 0.3 is 0 Å². The van der Waals surface area contributed by atoms with Gasteiger partial charge in [-0.2, -0.15) is 4.31 Å². The van der Waals surface area contributed by atoms with Crippen molar-refractivity contribution in [3.63, 3.8) is 0 Å². The topological polar surface area (TPSA) is 89.2 Å². The van der Waals surface area contributed by atoms with Gasteiger partial charge in [0.15, 0.2) is 0 Å². The average molecular weight is 322 g/mol. The molecule has 0 aliphatic carbocycles. The summed E-state index contributed by atoms with van der Waals surface area (Å²) < 4.78 is 26.4. The molecule has 2 heterocycles. The third-order valence-corrected chi connectivity index (χ3v) is 4.83. The predicted octanol–water partition coefficient (Wildman–Crippen LogP) is 0.932. The van der Waals surface area contributed by atoms with E-state index in [1.807, 2.05) is 0 Å². The first kappa shape index (κ1) is 15.5. The molecule has 2 rings (SSSR count). The first-order valence-electron chi connectivity index (χ1n) is 6.04. The first-order chi connectivity index (χ1) is 9.93. The SMILES string of the molecule is CN(Cc1ccccn1)S(=O)(=O)c1cccnc1C(N)=S. The maximum absolute atomic E-state index is 12.6. The Balaban J connectivity index is 2.36. The molecule has 0 amide bonds. The van der Waals surface area contributed by atoms with Gasteiger partial charge in [0, 0.05) is 19.4 Å². The summed E-state index contributed by atoms with van der Waals surface area (Å²) in [7, 11) is -2.28. The van der Waals surface area contributed by atoms with E-state index in [9.17, 15) is 8.42 Å². The number of thiocarbonyl (C=S) groups is 1. The van der Waals surface area contributed by atoms with Crippen molar-refractivity contribution in [3.8, 4) is 0 Å². The van der Waals surface area contributed by atoms with Crippen LogP contribution in [0.25, 0.3) is 0 Å². The van der Waals surface area contributed by atoms with E-state index in [1.54, 1.807) is 24.4 Å². The van der Waals surface area contributed by atoms with E-state index in [-0.39, 0.29) is 22.1 Å². The van der Waals surface area contributed by atoms with E-state index in [4.69, 9.17) is 18.0 Å². The van der Waals surface area contributed by atoms with E-state index in [0.29, 0.717) is 5.69 Å². The van der Waals surface area contributed by atoms with Crippen LogP contribution in [0.3, 0.4) is 0 Å². The van der Waals surface area contributed by atoms with Crippen LogP contribution in [0.4, 0.5) is 0 Å². The van der Waals surface area contributed by atoms with Crippen molar-refractivity contribution in [1.29, 1.82) is 0 Å². The zero-order valence-corrected chi connectivity index (χ0v) is 12.9. The molecule has 0 aliphatic rings. The van der Waals surface area contributed by atoms with Crippen LogP contribution in [-0.2, 0) is 16.6 Å². The van der Waals surface area contributed by atoms with Crippen LogP contribution in [0.1, 0.15) is 11.4 Å². The molecule has 0 atom stereocenters. The van der Waals surface area contributed by atoms with Gasteiger partial charge in [-0.25, -0.2) is 8.42 Å². The van der Waals surface area contributed by atoms with Crippen molar-refractivity contribution in [2.45, 2.75) is 11.4 Å². The Bertz CT molecular complexity index is 748. The fraction of sp³-hybridized carbons (Fsp3) is 0.154. The Morgan fingerprint density at radius 1 is 1.24 bits per heavy atom. The van der Waals surface area contributed by atoms with Crippen molar-refractivity contribution in [1.82, 2.24) is 14.3 Å². The van der Waals surface area contributed by atoms with Crippen LogP contribution in [0.5, 0.6) is 0 Å². The molecule has 2 aromatic rings. The zero-order valence-electron chi connectivity index (χ0n) is 11.3. The molecule has 0 bridgehead atoms. The number of hydrogen-bond donors (Lipinski definition) is 1. The fourth-order valence-corrected chi connectivity index (χ4v) is 3.28. The summed E-state index contributed by atoms with van der Waals surface area (Å²) in [5, 5.41) is 0. The summed E-state index contributed by atoms with van der Waals surface area (Å²) >= 11 is 4.85. The summed E-state index contributed by atoms with van der Waals surface area (Å²) in [6.07, 6.45) is 3.06. The van der Waals surface area contributed by atoms with Gasteiger partial charge in [0.1, 0.15) is 15.6 Å². The lowest BCUT2D eigenvalue weighted by molar-refractivity contribution is 0.462. The van der Waals surface area contributed by atoms with Gasteiger partial charge in [-0.15, -0.1) is 0 Å². The highest BCUT2D eigenvalue weighted by molar-refractivity contribution is 7.89. The molecule has 6 nitrogen and oxygen atoms in total. The van der Waals surface area contributed by atoms with Crippen LogP contribution in [0.2, 0.25) is 0 Å². The minimum absolute atomic E-state index is 0.00377. The number of pyridine rings is 2. The lowest BCUT2D eigenvalue weighted by Crippen LogP contribution is -2.29. The first-order valence-corrected chi connectivity index (χ1v) is 7.89. The molecule has 0 aromatic carbocycles. The van der Waals surface area contributed by atoms with Gasteiger partial charge < -0.3 is 5.73 Å². The molecule has 0 spiro atoms. The second-order valence-corrected chi connectivity index (χ2v) is 6.75. The van der Waals surface area contributed by atoms with E-state index in [0.717, 1.165) is 0 Å². The largest absolute Gasteiger partial charge is 0.388 e. The fourth-order valence-electron chi connectivity index (χ4n) is 1.76. The van der Waals surface area contributed by atoms with Crippen LogP contribution in [0.15, 0.2) is 47.6 Å². The van der Waals surface area contributed by atoms with Crippen molar-refractivity contribution in [2.24, 2.45) is 5.73 Å². The molecule has 0 aliphatic heterocycles. The third-order valence-electron chi connectivity index (χ3n) is 2.80. The average Bonchev–Trinajstić information content (AvgIpc) is 2.48. The summed E-state index contributed by atoms with van der Waals surface area (Å²) in [4.78, 5) is 8.00. The molecule has 0 fully saturated rings. The smallest absolute Gasteiger partial charge is 0.245 e. The summed E-state index contributed by atoms with van der Waals surface area (Å²) in [5.41, 5.74) is 6.28. The molecule has 0 unspecified atom stereocenters. The molecular weight excluding hydrogens is 308 g/mol. The Morgan fingerprint density at radius 3 is 2.57 bits per heavy atom. The monoisotopic (exact) mass is 322 g/mol. The molecule has 0 radical (unpaired) electrons. The normalized spacial score (nSPS) is 11.5. The third kappa shape index (κ3) is 3.41. The van der Waals surface area contributed by atoms with E-state index in [2.05, 4.69) is 9.97 Å². The summed E-state index contributed by atoms with van der Waals surface area (Å²) in [6, 6.07) is 8.29. The van der Waals surface area contributed by atoms with Crippen LogP contribution < -0.4 is 5.73 Å². The number of rotatable bonds is 5. The van der Waals surface area contributed by atoms with Gasteiger partial charge in [-0.3, -0.25) is 9.97 Å². The van der Waals surface area contributed by atoms with Gasteiger partial charge in [0.2, 0.25) is 10.0 Å². The Kier molecular flexibility index (Phi) is 4.61. The Labute approximate surface area is 128 Å². The highest BCUT2D eigenvalue weighted by Gasteiger charge is 2.25. The Morgan fingerprint density at radius 2 is 1.95 bits per heavy atom. The molecule has 2 aromatic heterocycles. The second kappa shape index (κ2) is 6.25. The van der Waals surface area contributed by atoms with Gasteiger partial charge in [0.25, 0.3) is 0 Å². The molecule has 2 N–H and O–H groups in total. The Hall–Kier alpha value is -1.90. The molecule has 110 valence electrons. The number of aromatic nitrogens is 2. The quantitative estimate of drug-likeness (QED) is 0.824. The second-order valence-electron chi connectivity index (χ2n) is 4.30. The van der Waals surface area contributed by atoms with Crippen LogP contribution >= 0.6 is 12.2 Å². The minimum Gasteiger partial charge on any atom is -0.388 e. The lowest BCUT2D eigenvalue weighted by atomic mass is 10.3. The minimum atomic E-state index is -3.75. The van der Waals surface area contributed by atoms with Crippen LogP contribution in [0, 0.1) is 0 Å². The maximum atomic E-state index is 12.6. The van der Waals surface area contributed by atoms with E-state index >= 15 is 0 Å². The summed E-state index contributed by atoms with van der Waals surface area (Å²) in [5.74, 6) is 0. The predicted molar refractivity (Wildman–Crippen MR) is 83.0 cm³/mol.